The van der Waals surface area contributed by atoms with Crippen LogP contribution in [0.1, 0.15) is 5.56 Å². The molecule has 1 aromatic heterocycles. The number of anilines is 1. The van der Waals surface area contributed by atoms with E-state index in [2.05, 4.69) is 10.2 Å². The second-order valence-corrected chi connectivity index (χ2v) is 3.04. The van der Waals surface area contributed by atoms with Gasteiger partial charge in [0.2, 0.25) is 6.43 Å². The van der Waals surface area contributed by atoms with E-state index in [1.165, 1.54) is 0 Å². The number of nitrogens with two attached hydrogens (primary N) is 1. The zero-order valence-corrected chi connectivity index (χ0v) is 7.30. The lowest BCUT2D eigenvalue weighted by atomic mass is 10.1. The molecule has 0 aliphatic heterocycles. The van der Waals surface area contributed by atoms with Gasteiger partial charge in [0.15, 0.2) is 5.82 Å². The molecule has 3 nitrogen and oxygen atoms in total. The third-order valence-electron chi connectivity index (χ3n) is 2.09. The lowest BCUT2D eigenvalue weighted by Crippen LogP contribution is -1.97. The van der Waals surface area contributed by atoms with Crippen molar-refractivity contribution >= 4 is 16.7 Å². The molecule has 0 saturated carbocycles. The van der Waals surface area contributed by atoms with Crippen molar-refractivity contribution in [2.24, 2.45) is 0 Å². The molecule has 0 spiro atoms. The summed E-state index contributed by atoms with van der Waals surface area (Å²) in [6, 6.07) is 5.10. The van der Waals surface area contributed by atoms with Crippen LogP contribution >= 0.6 is 0 Å². The topological polar surface area (TPSA) is 54.7 Å². The zero-order chi connectivity index (χ0) is 10.1. The van der Waals surface area contributed by atoms with Crippen LogP contribution in [0.25, 0.3) is 10.9 Å². The Bertz CT molecular complexity index is 450. The molecule has 0 saturated heterocycles. The van der Waals surface area contributed by atoms with Crippen molar-refractivity contribution in [1.82, 2.24) is 10.2 Å². The Balaban J connectivity index is 2.54. The fraction of sp³-hybridized carbons (Fsp3) is 0.222. The molecule has 0 atom stereocenters. The Labute approximate surface area is 78.9 Å². The number of nitrogens with zero attached hydrogens (tertiary/aromatic N) is 1. The minimum absolute atomic E-state index is 0.279. The zero-order valence-electron chi connectivity index (χ0n) is 7.30. The number of hydrogen-bond donors (Lipinski definition) is 2. The highest BCUT2D eigenvalue weighted by molar-refractivity contribution is 5.90. The number of benzene rings is 1. The van der Waals surface area contributed by atoms with Gasteiger partial charge in [-0.3, -0.25) is 5.10 Å². The molecule has 5 heteroatoms. The Kier molecular flexibility index (Phi) is 2.07. The number of H-pyrrole nitrogens is 1. The van der Waals surface area contributed by atoms with Crippen LogP contribution in [0.15, 0.2) is 18.2 Å². The Morgan fingerprint density at radius 2 is 2.21 bits per heavy atom. The van der Waals surface area contributed by atoms with Crippen molar-refractivity contribution in [3.63, 3.8) is 0 Å². The van der Waals surface area contributed by atoms with E-state index < -0.39 is 6.43 Å². The molecule has 0 fully saturated rings. The minimum atomic E-state index is -2.36. The molecule has 14 heavy (non-hydrogen) atoms. The average molecular weight is 197 g/mol. The maximum Gasteiger partial charge on any atom is 0.242 e. The predicted molar refractivity (Wildman–Crippen MR) is 50.2 cm³/mol. The highest BCUT2D eigenvalue weighted by atomic mass is 19.3. The van der Waals surface area contributed by atoms with Gasteiger partial charge in [-0.15, -0.1) is 0 Å². The first kappa shape index (κ1) is 8.93. The Morgan fingerprint density at radius 1 is 1.43 bits per heavy atom. The monoisotopic (exact) mass is 197 g/mol. The Morgan fingerprint density at radius 3 is 2.93 bits per heavy atom. The third kappa shape index (κ3) is 1.41. The molecule has 0 aliphatic rings. The summed E-state index contributed by atoms with van der Waals surface area (Å²) in [7, 11) is 0. The number of halogens is 2. The summed E-state index contributed by atoms with van der Waals surface area (Å²) in [5.74, 6) is 0.344. The van der Waals surface area contributed by atoms with Gasteiger partial charge in [-0.05, 0) is 11.6 Å². The van der Waals surface area contributed by atoms with E-state index in [0.717, 1.165) is 0 Å². The second-order valence-electron chi connectivity index (χ2n) is 3.04. The molecule has 0 aliphatic carbocycles. The summed E-state index contributed by atoms with van der Waals surface area (Å²) in [6.07, 6.45) is -2.64. The van der Waals surface area contributed by atoms with Gasteiger partial charge in [-0.25, -0.2) is 8.78 Å². The molecule has 1 heterocycles. The summed E-state index contributed by atoms with van der Waals surface area (Å²) in [6.45, 7) is 0. The molecule has 0 unspecified atom stereocenters. The molecule has 2 aromatic rings. The maximum absolute atomic E-state index is 12.2. The number of aromatic amines is 1. The Hall–Kier alpha value is -1.65. The van der Waals surface area contributed by atoms with Gasteiger partial charge in [0.1, 0.15) is 0 Å². The van der Waals surface area contributed by atoms with Crippen molar-refractivity contribution in [2.45, 2.75) is 12.8 Å². The van der Waals surface area contributed by atoms with Crippen molar-refractivity contribution in [3.05, 3.63) is 23.8 Å². The summed E-state index contributed by atoms with van der Waals surface area (Å²) in [5, 5.41) is 7.12. The fourth-order valence-electron chi connectivity index (χ4n) is 1.46. The highest BCUT2D eigenvalue weighted by Gasteiger charge is 2.10. The molecule has 0 radical (unpaired) electrons. The molecule has 74 valence electrons. The van der Waals surface area contributed by atoms with E-state index in [-0.39, 0.29) is 6.42 Å². The molecular formula is C9H9F2N3. The van der Waals surface area contributed by atoms with Crippen LogP contribution in [0.3, 0.4) is 0 Å². The first-order chi connectivity index (χ1) is 6.68. The number of alkyl halides is 2. The quantitative estimate of drug-likeness (QED) is 0.773. The van der Waals surface area contributed by atoms with E-state index in [1.807, 2.05) is 0 Å². The van der Waals surface area contributed by atoms with Crippen molar-refractivity contribution < 1.29 is 8.78 Å². The van der Waals surface area contributed by atoms with Crippen molar-refractivity contribution in [3.8, 4) is 0 Å². The SMILES string of the molecule is Nc1n[nH]c2c(CC(F)F)cccc12. The average Bonchev–Trinajstić information content (AvgIpc) is 2.49. The van der Waals surface area contributed by atoms with Gasteiger partial charge in [0, 0.05) is 11.8 Å². The van der Waals surface area contributed by atoms with Crippen molar-refractivity contribution in [2.75, 3.05) is 5.73 Å². The molecule has 0 amide bonds. The van der Waals surface area contributed by atoms with Gasteiger partial charge in [-0.1, -0.05) is 12.1 Å². The first-order valence-electron chi connectivity index (χ1n) is 4.18. The van der Waals surface area contributed by atoms with E-state index in [9.17, 15) is 8.78 Å². The second kappa shape index (κ2) is 3.25. The van der Waals surface area contributed by atoms with Crippen molar-refractivity contribution in [1.29, 1.82) is 0 Å². The summed E-state index contributed by atoms with van der Waals surface area (Å²) in [4.78, 5) is 0. The van der Waals surface area contributed by atoms with Crippen LogP contribution in [0, 0.1) is 0 Å². The van der Waals surface area contributed by atoms with E-state index >= 15 is 0 Å². The van der Waals surface area contributed by atoms with Gasteiger partial charge in [0.05, 0.1) is 5.52 Å². The number of nitrogen functional groups attached to an aromatic ring is 1. The van der Waals surface area contributed by atoms with Crippen LogP contribution in [-0.2, 0) is 6.42 Å². The van der Waals surface area contributed by atoms with Gasteiger partial charge in [-0.2, -0.15) is 5.10 Å². The largest absolute Gasteiger partial charge is 0.382 e. The maximum atomic E-state index is 12.2. The summed E-state index contributed by atoms with van der Waals surface area (Å²) >= 11 is 0. The van der Waals surface area contributed by atoms with Crippen LogP contribution in [-0.4, -0.2) is 16.6 Å². The summed E-state index contributed by atoms with van der Waals surface area (Å²) < 4.78 is 24.4. The number of rotatable bonds is 2. The van der Waals surface area contributed by atoms with Crippen LogP contribution in [0.4, 0.5) is 14.6 Å². The number of para-hydroxylation sites is 1. The van der Waals surface area contributed by atoms with Crippen LogP contribution in [0.2, 0.25) is 0 Å². The van der Waals surface area contributed by atoms with Gasteiger partial charge < -0.3 is 5.73 Å². The summed E-state index contributed by atoms with van der Waals surface area (Å²) in [5.41, 5.74) is 6.69. The van der Waals surface area contributed by atoms with Crippen LogP contribution in [0.5, 0.6) is 0 Å². The van der Waals surface area contributed by atoms with Crippen LogP contribution < -0.4 is 5.73 Å². The fourth-order valence-corrected chi connectivity index (χ4v) is 1.46. The third-order valence-corrected chi connectivity index (χ3v) is 2.09. The predicted octanol–water partition coefficient (Wildman–Crippen LogP) is 1.95. The number of hydrogen-bond acceptors (Lipinski definition) is 2. The highest BCUT2D eigenvalue weighted by Crippen LogP contribution is 2.22. The van der Waals surface area contributed by atoms with E-state index in [4.69, 9.17) is 5.73 Å². The molecular weight excluding hydrogens is 188 g/mol. The smallest absolute Gasteiger partial charge is 0.242 e. The number of aromatic nitrogens is 2. The van der Waals surface area contributed by atoms with Gasteiger partial charge in [0.25, 0.3) is 0 Å². The molecule has 0 bridgehead atoms. The lowest BCUT2D eigenvalue weighted by Gasteiger charge is -2.01. The number of nitrogens with one attached hydrogen (secondary N) is 1. The number of fused-ring (bicyclic) bond motifs is 1. The lowest BCUT2D eigenvalue weighted by molar-refractivity contribution is 0.149. The van der Waals surface area contributed by atoms with Gasteiger partial charge >= 0.3 is 0 Å². The molecule has 1 aromatic carbocycles. The standard InChI is InChI=1S/C9H9F2N3/c10-7(11)4-5-2-1-3-6-8(5)13-14-9(6)12/h1-3,7H,4H2,(H3,12,13,14). The van der Waals surface area contributed by atoms with E-state index in [1.54, 1.807) is 18.2 Å². The molecule has 3 N–H and O–H groups in total. The molecule has 2 rings (SSSR count). The first-order valence-corrected chi connectivity index (χ1v) is 4.18. The van der Waals surface area contributed by atoms with E-state index in [0.29, 0.717) is 22.3 Å². The minimum Gasteiger partial charge on any atom is -0.382 e. The normalized spacial score (nSPS) is 11.4.